The first-order chi connectivity index (χ1) is 8.53. The summed E-state index contributed by atoms with van der Waals surface area (Å²) in [6, 6.07) is 0. The first-order valence-corrected chi connectivity index (χ1v) is 8.97. The average Bonchev–Trinajstić information content (AvgIpc) is 2.28. The van der Waals surface area contributed by atoms with Crippen LogP contribution < -0.4 is 5.14 Å². The van der Waals surface area contributed by atoms with Gasteiger partial charge < -0.3 is 4.90 Å². The number of rotatable bonds is 4. The Morgan fingerprint density at radius 2 is 1.67 bits per heavy atom. The van der Waals surface area contributed by atoms with Crippen LogP contribution in [0.2, 0.25) is 0 Å². The van der Waals surface area contributed by atoms with Gasteiger partial charge in [0, 0.05) is 13.1 Å². The van der Waals surface area contributed by atoms with Crippen LogP contribution >= 0.6 is 0 Å². The highest BCUT2D eigenvalue weighted by Crippen LogP contribution is 2.26. The second-order valence-corrected chi connectivity index (χ2v) is 7.76. The fourth-order valence-corrected chi connectivity index (χ4v) is 4.45. The summed E-state index contributed by atoms with van der Waals surface area (Å²) >= 11 is 0. The molecule has 2 aliphatic rings. The molecule has 1 saturated heterocycles. The molecule has 0 amide bonds. The summed E-state index contributed by atoms with van der Waals surface area (Å²) in [5, 5.41) is 5.15. The molecule has 1 saturated carbocycles. The number of nitrogens with zero attached hydrogens (tertiary/aromatic N) is 1. The largest absolute Gasteiger partial charge is 0.303 e. The highest BCUT2D eigenvalue weighted by molar-refractivity contribution is 7.89. The maximum atomic E-state index is 11.2. The lowest BCUT2D eigenvalue weighted by atomic mass is 9.88. The van der Waals surface area contributed by atoms with E-state index in [4.69, 9.17) is 5.14 Å². The van der Waals surface area contributed by atoms with Gasteiger partial charge in [-0.25, -0.2) is 13.6 Å². The molecule has 1 aliphatic heterocycles. The van der Waals surface area contributed by atoms with E-state index in [-0.39, 0.29) is 11.7 Å². The zero-order chi connectivity index (χ0) is 13.0. The van der Waals surface area contributed by atoms with Crippen LogP contribution in [-0.2, 0) is 10.0 Å². The highest BCUT2D eigenvalue weighted by atomic mass is 32.2. The summed E-state index contributed by atoms with van der Waals surface area (Å²) in [5.41, 5.74) is 0. The maximum absolute atomic E-state index is 11.2. The molecule has 18 heavy (non-hydrogen) atoms. The fraction of sp³-hybridized carbons (Fsp3) is 1.00. The summed E-state index contributed by atoms with van der Waals surface area (Å²) in [7, 11) is -3.31. The van der Waals surface area contributed by atoms with Crippen molar-refractivity contribution < 1.29 is 8.42 Å². The van der Waals surface area contributed by atoms with Gasteiger partial charge in [-0.3, -0.25) is 0 Å². The van der Waals surface area contributed by atoms with E-state index in [2.05, 4.69) is 4.90 Å². The first kappa shape index (κ1) is 14.3. The molecule has 0 unspecified atom stereocenters. The van der Waals surface area contributed by atoms with Crippen LogP contribution in [0.15, 0.2) is 0 Å². The van der Waals surface area contributed by atoms with Gasteiger partial charge in [-0.15, -0.1) is 0 Å². The molecule has 0 bridgehead atoms. The Labute approximate surface area is 111 Å². The van der Waals surface area contributed by atoms with E-state index in [1.807, 2.05) is 0 Å². The molecule has 4 nitrogen and oxygen atoms in total. The zero-order valence-electron chi connectivity index (χ0n) is 11.2. The van der Waals surface area contributed by atoms with Gasteiger partial charge in [0.05, 0.1) is 5.75 Å². The van der Waals surface area contributed by atoms with E-state index in [0.29, 0.717) is 0 Å². The molecule has 2 fully saturated rings. The van der Waals surface area contributed by atoms with Crippen LogP contribution in [0.4, 0.5) is 0 Å². The molecule has 1 atom stereocenters. The third-order valence-corrected chi connectivity index (χ3v) is 5.25. The third kappa shape index (κ3) is 4.86. The van der Waals surface area contributed by atoms with Gasteiger partial charge >= 0.3 is 0 Å². The van der Waals surface area contributed by atoms with E-state index >= 15 is 0 Å². The van der Waals surface area contributed by atoms with Crippen LogP contribution in [-0.4, -0.2) is 38.7 Å². The highest BCUT2D eigenvalue weighted by Gasteiger charge is 2.25. The molecule has 0 radical (unpaired) electrons. The van der Waals surface area contributed by atoms with Gasteiger partial charge in [-0.05, 0) is 44.1 Å². The van der Waals surface area contributed by atoms with Crippen LogP contribution in [0.5, 0.6) is 0 Å². The number of hydrogen-bond acceptors (Lipinski definition) is 3. The number of piperidine rings is 1. The zero-order valence-corrected chi connectivity index (χ0v) is 12.0. The number of sulfonamides is 1. The lowest BCUT2D eigenvalue weighted by molar-refractivity contribution is 0.145. The van der Waals surface area contributed by atoms with E-state index in [1.165, 1.54) is 38.6 Å². The summed E-state index contributed by atoms with van der Waals surface area (Å²) in [5.74, 6) is 1.25. The smallest absolute Gasteiger partial charge is 0.209 e. The molecular formula is C13H26N2O2S. The fourth-order valence-electron chi connectivity index (χ4n) is 3.52. The summed E-state index contributed by atoms with van der Waals surface area (Å²) in [6.07, 6.45) is 8.99. The van der Waals surface area contributed by atoms with E-state index in [9.17, 15) is 8.42 Å². The lowest BCUT2D eigenvalue weighted by Crippen LogP contribution is -2.41. The van der Waals surface area contributed by atoms with Crippen molar-refractivity contribution in [2.24, 2.45) is 17.0 Å². The van der Waals surface area contributed by atoms with Crippen molar-refractivity contribution in [1.29, 1.82) is 0 Å². The topological polar surface area (TPSA) is 63.4 Å². The Bertz CT molecular complexity index is 350. The van der Waals surface area contributed by atoms with Crippen LogP contribution in [0.3, 0.4) is 0 Å². The van der Waals surface area contributed by atoms with Crippen molar-refractivity contribution >= 4 is 10.0 Å². The average molecular weight is 274 g/mol. The molecule has 1 heterocycles. The van der Waals surface area contributed by atoms with Crippen molar-refractivity contribution in [2.45, 2.75) is 44.9 Å². The van der Waals surface area contributed by atoms with Crippen LogP contribution in [0.25, 0.3) is 0 Å². The Hall–Kier alpha value is -0.130. The molecule has 5 heteroatoms. The van der Waals surface area contributed by atoms with E-state index in [1.54, 1.807) is 0 Å². The number of nitrogens with two attached hydrogens (primary N) is 1. The number of hydrogen-bond donors (Lipinski definition) is 1. The Balaban J connectivity index is 1.79. The molecule has 0 spiro atoms. The van der Waals surface area contributed by atoms with Crippen molar-refractivity contribution in [3.8, 4) is 0 Å². The van der Waals surface area contributed by atoms with Crippen molar-refractivity contribution in [3.63, 3.8) is 0 Å². The molecule has 1 aliphatic carbocycles. The minimum absolute atomic E-state index is 0.161. The lowest BCUT2D eigenvalue weighted by Gasteiger charge is -2.35. The van der Waals surface area contributed by atoms with Gasteiger partial charge in [0.1, 0.15) is 0 Å². The monoisotopic (exact) mass is 274 g/mol. The molecule has 106 valence electrons. The van der Waals surface area contributed by atoms with Crippen LogP contribution in [0, 0.1) is 11.8 Å². The van der Waals surface area contributed by atoms with Gasteiger partial charge in [-0.2, -0.15) is 0 Å². The Kier molecular flexibility index (Phi) is 5.04. The summed E-state index contributed by atoms with van der Waals surface area (Å²) < 4.78 is 22.3. The SMILES string of the molecule is NS(=O)(=O)C[C@H]1CCCN(CC2CCCCC2)C1. The number of primary sulfonamides is 1. The standard InChI is InChI=1S/C13H26N2O2S/c14-18(16,17)11-13-7-4-8-15(10-13)9-12-5-2-1-3-6-12/h12-13H,1-11H2,(H2,14,16,17)/t13-/m0/s1. The minimum atomic E-state index is -3.31. The van der Waals surface area contributed by atoms with Gasteiger partial charge in [0.25, 0.3) is 0 Å². The van der Waals surface area contributed by atoms with Crippen LogP contribution in [0.1, 0.15) is 44.9 Å². The third-order valence-electron chi connectivity index (χ3n) is 4.31. The van der Waals surface area contributed by atoms with Gasteiger partial charge in [0.15, 0.2) is 0 Å². The second-order valence-electron chi connectivity index (χ2n) is 6.10. The predicted molar refractivity (Wildman–Crippen MR) is 73.7 cm³/mol. The van der Waals surface area contributed by atoms with Crippen molar-refractivity contribution in [3.05, 3.63) is 0 Å². The normalized spacial score (nSPS) is 28.4. The summed E-state index contributed by atoms with van der Waals surface area (Å²) in [4.78, 5) is 2.47. The van der Waals surface area contributed by atoms with Gasteiger partial charge in [-0.1, -0.05) is 19.3 Å². The number of likely N-dealkylation sites (tertiary alicyclic amines) is 1. The summed E-state index contributed by atoms with van der Waals surface area (Å²) in [6.45, 7) is 3.23. The molecular weight excluding hydrogens is 248 g/mol. The maximum Gasteiger partial charge on any atom is 0.209 e. The molecule has 2 rings (SSSR count). The van der Waals surface area contributed by atoms with Crippen molar-refractivity contribution in [1.82, 2.24) is 4.90 Å². The Morgan fingerprint density at radius 1 is 1.00 bits per heavy atom. The molecule has 2 N–H and O–H groups in total. The predicted octanol–water partition coefficient (Wildman–Crippen LogP) is 1.57. The quantitative estimate of drug-likeness (QED) is 0.846. The van der Waals surface area contributed by atoms with E-state index in [0.717, 1.165) is 31.8 Å². The van der Waals surface area contributed by atoms with Gasteiger partial charge in [0.2, 0.25) is 10.0 Å². The van der Waals surface area contributed by atoms with Crippen molar-refractivity contribution in [2.75, 3.05) is 25.4 Å². The van der Waals surface area contributed by atoms with E-state index < -0.39 is 10.0 Å². The first-order valence-electron chi connectivity index (χ1n) is 7.26. The Morgan fingerprint density at radius 3 is 2.33 bits per heavy atom. The second kappa shape index (κ2) is 6.35. The molecule has 0 aromatic rings. The molecule has 0 aromatic heterocycles. The molecule has 0 aromatic carbocycles. The minimum Gasteiger partial charge on any atom is -0.303 e.